The zero-order valence-corrected chi connectivity index (χ0v) is 11.4. The summed E-state index contributed by atoms with van der Waals surface area (Å²) < 4.78 is 10.5. The first-order chi connectivity index (χ1) is 9.65. The molecule has 0 radical (unpaired) electrons. The van der Waals surface area contributed by atoms with Gasteiger partial charge in [0.15, 0.2) is 5.76 Å². The van der Waals surface area contributed by atoms with Crippen LogP contribution in [0.5, 0.6) is 0 Å². The van der Waals surface area contributed by atoms with Gasteiger partial charge in [-0.05, 0) is 19.2 Å². The van der Waals surface area contributed by atoms with Crippen molar-refractivity contribution in [1.82, 2.24) is 15.5 Å². The third-order valence-electron chi connectivity index (χ3n) is 2.93. The minimum absolute atomic E-state index is 0.0716. The van der Waals surface area contributed by atoms with Crippen LogP contribution in [-0.2, 0) is 9.53 Å². The van der Waals surface area contributed by atoms with Crippen molar-refractivity contribution in [2.75, 3.05) is 39.8 Å². The first-order valence-electron chi connectivity index (χ1n) is 6.53. The van der Waals surface area contributed by atoms with E-state index in [0.717, 1.165) is 13.1 Å². The van der Waals surface area contributed by atoms with Gasteiger partial charge < -0.3 is 14.5 Å². The van der Waals surface area contributed by atoms with Crippen LogP contribution in [0.4, 0.5) is 0 Å². The Balaban J connectivity index is 1.71. The molecular weight excluding hydrogens is 262 g/mol. The van der Waals surface area contributed by atoms with Gasteiger partial charge in [0.05, 0.1) is 25.5 Å². The molecule has 1 saturated heterocycles. The lowest BCUT2D eigenvalue weighted by Gasteiger charge is -2.27. The van der Waals surface area contributed by atoms with Crippen LogP contribution >= 0.6 is 0 Å². The molecule has 110 valence electrons. The molecular formula is C13H19N3O4. The number of likely N-dealkylation sites (N-methyl/N-ethyl adjacent to an activating group) is 1. The van der Waals surface area contributed by atoms with E-state index in [0.29, 0.717) is 13.2 Å². The van der Waals surface area contributed by atoms with Crippen molar-refractivity contribution in [2.45, 2.75) is 6.10 Å². The molecule has 0 aromatic carbocycles. The number of rotatable bonds is 5. The highest BCUT2D eigenvalue weighted by molar-refractivity contribution is 6.03. The van der Waals surface area contributed by atoms with Crippen LogP contribution in [0.1, 0.15) is 10.6 Å². The summed E-state index contributed by atoms with van der Waals surface area (Å²) in [5.41, 5.74) is 0. The lowest BCUT2D eigenvalue weighted by Crippen LogP contribution is -2.46. The standard InChI is InChI=1S/C13H19N3O4/c1-16(8-10-7-14-4-6-19-10)9-12(17)15-13(18)11-3-2-5-20-11/h2-3,5,10,14H,4,6-9H2,1H3,(H,15,17,18). The molecule has 1 unspecified atom stereocenters. The maximum Gasteiger partial charge on any atom is 0.293 e. The average Bonchev–Trinajstić information content (AvgIpc) is 2.93. The number of nitrogens with one attached hydrogen (secondary N) is 2. The molecule has 0 bridgehead atoms. The predicted molar refractivity (Wildman–Crippen MR) is 71.3 cm³/mol. The van der Waals surface area contributed by atoms with E-state index in [4.69, 9.17) is 9.15 Å². The summed E-state index contributed by atoms with van der Waals surface area (Å²) >= 11 is 0. The largest absolute Gasteiger partial charge is 0.459 e. The van der Waals surface area contributed by atoms with E-state index in [1.165, 1.54) is 12.3 Å². The summed E-state index contributed by atoms with van der Waals surface area (Å²) in [7, 11) is 1.81. The smallest absolute Gasteiger partial charge is 0.293 e. The van der Waals surface area contributed by atoms with Gasteiger partial charge in [0, 0.05) is 19.6 Å². The Morgan fingerprint density at radius 1 is 1.55 bits per heavy atom. The number of amides is 2. The van der Waals surface area contributed by atoms with E-state index in [2.05, 4.69) is 10.6 Å². The molecule has 2 heterocycles. The van der Waals surface area contributed by atoms with Crippen molar-refractivity contribution in [1.29, 1.82) is 0 Å². The van der Waals surface area contributed by atoms with Crippen LogP contribution in [-0.4, -0.2) is 62.7 Å². The first-order valence-corrected chi connectivity index (χ1v) is 6.53. The predicted octanol–water partition coefficient (Wildman–Crippen LogP) is -0.544. The van der Waals surface area contributed by atoms with Gasteiger partial charge in [-0.1, -0.05) is 0 Å². The molecule has 2 amide bonds. The monoisotopic (exact) mass is 281 g/mol. The van der Waals surface area contributed by atoms with E-state index in [-0.39, 0.29) is 24.3 Å². The second kappa shape index (κ2) is 7.18. The van der Waals surface area contributed by atoms with Crippen LogP contribution in [0.2, 0.25) is 0 Å². The van der Waals surface area contributed by atoms with Crippen molar-refractivity contribution >= 4 is 11.8 Å². The highest BCUT2D eigenvalue weighted by atomic mass is 16.5. The van der Waals surface area contributed by atoms with Gasteiger partial charge in [0.2, 0.25) is 5.91 Å². The van der Waals surface area contributed by atoms with Gasteiger partial charge in [0.1, 0.15) is 0 Å². The van der Waals surface area contributed by atoms with Gasteiger partial charge in [-0.3, -0.25) is 19.8 Å². The molecule has 2 N–H and O–H groups in total. The lowest BCUT2D eigenvalue weighted by atomic mass is 10.3. The summed E-state index contributed by atoms with van der Waals surface area (Å²) in [5, 5.41) is 5.51. The number of carbonyl (C=O) groups is 2. The lowest BCUT2D eigenvalue weighted by molar-refractivity contribution is -0.121. The summed E-state index contributed by atoms with van der Waals surface area (Å²) in [5.74, 6) is -0.762. The zero-order valence-electron chi connectivity index (χ0n) is 11.4. The zero-order chi connectivity index (χ0) is 14.4. The molecule has 1 aromatic rings. The van der Waals surface area contributed by atoms with Crippen molar-refractivity contribution in [3.63, 3.8) is 0 Å². The Kier molecular flexibility index (Phi) is 5.28. The third-order valence-corrected chi connectivity index (χ3v) is 2.93. The van der Waals surface area contributed by atoms with E-state index in [1.54, 1.807) is 6.07 Å². The molecule has 1 aliphatic rings. The molecule has 20 heavy (non-hydrogen) atoms. The molecule has 2 rings (SSSR count). The summed E-state index contributed by atoms with van der Waals surface area (Å²) in [6.45, 7) is 3.08. The highest BCUT2D eigenvalue weighted by Gasteiger charge is 2.18. The van der Waals surface area contributed by atoms with Crippen molar-refractivity contribution in [2.24, 2.45) is 0 Å². The molecule has 0 spiro atoms. The average molecular weight is 281 g/mol. The molecule has 1 aliphatic heterocycles. The minimum Gasteiger partial charge on any atom is -0.459 e. The Labute approximate surface area is 117 Å². The van der Waals surface area contributed by atoms with Crippen LogP contribution in [0, 0.1) is 0 Å². The van der Waals surface area contributed by atoms with Crippen LogP contribution in [0.15, 0.2) is 22.8 Å². The van der Waals surface area contributed by atoms with Crippen molar-refractivity contribution < 1.29 is 18.7 Å². The Morgan fingerprint density at radius 3 is 3.05 bits per heavy atom. The summed E-state index contributed by atoms with van der Waals surface area (Å²) in [6, 6.07) is 3.10. The first kappa shape index (κ1) is 14.7. The molecule has 0 saturated carbocycles. The number of furan rings is 1. The highest BCUT2D eigenvalue weighted by Crippen LogP contribution is 2.00. The maximum absolute atomic E-state index is 11.7. The third kappa shape index (κ3) is 4.44. The molecule has 7 heteroatoms. The number of carbonyl (C=O) groups excluding carboxylic acids is 2. The van der Waals surface area contributed by atoms with E-state index >= 15 is 0 Å². The van der Waals surface area contributed by atoms with Crippen LogP contribution < -0.4 is 10.6 Å². The minimum atomic E-state index is -0.524. The Hall–Kier alpha value is -1.70. The second-order valence-corrected chi connectivity index (χ2v) is 4.75. The fourth-order valence-corrected chi connectivity index (χ4v) is 2.03. The summed E-state index contributed by atoms with van der Waals surface area (Å²) in [4.78, 5) is 25.2. The number of imide groups is 1. The summed E-state index contributed by atoms with van der Waals surface area (Å²) in [6.07, 6.45) is 1.46. The molecule has 1 atom stereocenters. The molecule has 7 nitrogen and oxygen atoms in total. The normalized spacial score (nSPS) is 19.0. The quantitative estimate of drug-likeness (QED) is 0.754. The Bertz CT molecular complexity index is 440. The SMILES string of the molecule is CN(CC(=O)NC(=O)c1ccco1)CC1CNCCO1. The van der Waals surface area contributed by atoms with Crippen LogP contribution in [0.25, 0.3) is 0 Å². The maximum atomic E-state index is 11.7. The van der Waals surface area contributed by atoms with Crippen LogP contribution in [0.3, 0.4) is 0 Å². The fraction of sp³-hybridized carbons (Fsp3) is 0.538. The van der Waals surface area contributed by atoms with E-state index < -0.39 is 5.91 Å². The number of ether oxygens (including phenoxy) is 1. The van der Waals surface area contributed by atoms with Crippen molar-refractivity contribution in [3.8, 4) is 0 Å². The van der Waals surface area contributed by atoms with Gasteiger partial charge in [0.25, 0.3) is 5.91 Å². The molecule has 1 fully saturated rings. The van der Waals surface area contributed by atoms with Crippen molar-refractivity contribution in [3.05, 3.63) is 24.2 Å². The van der Waals surface area contributed by atoms with Gasteiger partial charge in [-0.15, -0.1) is 0 Å². The van der Waals surface area contributed by atoms with E-state index in [9.17, 15) is 9.59 Å². The number of nitrogens with zero attached hydrogens (tertiary/aromatic N) is 1. The number of hydrogen-bond acceptors (Lipinski definition) is 6. The number of morpholine rings is 1. The van der Waals surface area contributed by atoms with Gasteiger partial charge in [-0.2, -0.15) is 0 Å². The molecule has 1 aromatic heterocycles. The second-order valence-electron chi connectivity index (χ2n) is 4.75. The van der Waals surface area contributed by atoms with Gasteiger partial charge in [-0.25, -0.2) is 0 Å². The molecule has 0 aliphatic carbocycles. The Morgan fingerprint density at radius 2 is 2.40 bits per heavy atom. The van der Waals surface area contributed by atoms with Gasteiger partial charge >= 0.3 is 0 Å². The van der Waals surface area contributed by atoms with E-state index in [1.807, 2.05) is 11.9 Å². The fourth-order valence-electron chi connectivity index (χ4n) is 2.03. The number of hydrogen-bond donors (Lipinski definition) is 2. The topological polar surface area (TPSA) is 83.8 Å².